The summed E-state index contributed by atoms with van der Waals surface area (Å²) in [6.07, 6.45) is 3.64. The van der Waals surface area contributed by atoms with Gasteiger partial charge in [0.25, 0.3) is 11.8 Å². The highest BCUT2D eigenvalue weighted by Gasteiger charge is 2.25. The molecular formula is C19H20N2O3S. The summed E-state index contributed by atoms with van der Waals surface area (Å²) in [5, 5.41) is 5.74. The highest BCUT2D eigenvalue weighted by Crippen LogP contribution is 2.22. The highest BCUT2D eigenvalue weighted by molar-refractivity contribution is 7.83. The van der Waals surface area contributed by atoms with Crippen molar-refractivity contribution in [2.24, 2.45) is 0 Å². The molecule has 1 atom stereocenters. The predicted octanol–water partition coefficient (Wildman–Crippen LogP) is 2.71. The van der Waals surface area contributed by atoms with Gasteiger partial charge in [-0.25, -0.2) is 0 Å². The van der Waals surface area contributed by atoms with E-state index < -0.39 is 10.8 Å². The minimum Gasteiger partial charge on any atom is -0.349 e. The minimum atomic E-state index is -0.970. The lowest BCUT2D eigenvalue weighted by atomic mass is 10.1. The lowest BCUT2D eigenvalue weighted by Crippen LogP contribution is -2.27. The van der Waals surface area contributed by atoms with E-state index in [0.717, 1.165) is 18.4 Å². The summed E-state index contributed by atoms with van der Waals surface area (Å²) in [6, 6.07) is 14.2. The van der Waals surface area contributed by atoms with Crippen LogP contribution in [0.2, 0.25) is 0 Å². The second-order valence-corrected chi connectivity index (χ2v) is 7.60. The second-order valence-electron chi connectivity index (χ2n) is 6.17. The summed E-state index contributed by atoms with van der Waals surface area (Å²) >= 11 is 0. The fourth-order valence-electron chi connectivity index (χ4n) is 2.51. The van der Waals surface area contributed by atoms with Gasteiger partial charge in [0.1, 0.15) is 0 Å². The van der Waals surface area contributed by atoms with Gasteiger partial charge in [0.15, 0.2) is 0 Å². The van der Waals surface area contributed by atoms with Crippen molar-refractivity contribution in [2.45, 2.75) is 24.6 Å². The molecule has 6 heteroatoms. The second kappa shape index (κ2) is 7.61. The maximum atomic E-state index is 12.5. The number of amides is 2. The molecule has 0 radical (unpaired) electrons. The Morgan fingerprint density at radius 3 is 2.56 bits per heavy atom. The molecule has 3 rings (SSSR count). The van der Waals surface area contributed by atoms with Crippen LogP contribution in [0.5, 0.6) is 0 Å². The normalized spacial score (nSPS) is 14.6. The average Bonchev–Trinajstić information content (AvgIpc) is 3.39. The Morgan fingerprint density at radius 2 is 1.84 bits per heavy atom. The Labute approximate surface area is 149 Å². The van der Waals surface area contributed by atoms with Crippen molar-refractivity contribution in [1.29, 1.82) is 0 Å². The van der Waals surface area contributed by atoms with E-state index in [-0.39, 0.29) is 17.9 Å². The molecule has 0 aliphatic heterocycles. The van der Waals surface area contributed by atoms with Crippen LogP contribution < -0.4 is 10.6 Å². The van der Waals surface area contributed by atoms with Gasteiger partial charge < -0.3 is 10.6 Å². The van der Waals surface area contributed by atoms with E-state index in [1.807, 2.05) is 6.07 Å². The van der Waals surface area contributed by atoms with Gasteiger partial charge in [0, 0.05) is 34.4 Å². The molecule has 0 heterocycles. The fourth-order valence-corrected chi connectivity index (χ4v) is 3.16. The zero-order chi connectivity index (χ0) is 17.8. The standard InChI is InChI=1S/C19H20N2O3S/c1-25(24)12-13-5-4-6-14(11-13)18(22)21-17-8-3-2-7-16(17)19(23)20-15-9-10-15/h2-8,11,15H,9-10,12H2,1H3,(H,20,23)(H,21,22)/t25-/m1/s1. The Bertz CT molecular complexity index is 831. The Balaban J connectivity index is 1.76. The molecule has 0 saturated heterocycles. The molecule has 1 fully saturated rings. The largest absolute Gasteiger partial charge is 0.349 e. The third-order valence-electron chi connectivity index (χ3n) is 3.89. The van der Waals surface area contributed by atoms with E-state index in [4.69, 9.17) is 0 Å². The Morgan fingerprint density at radius 1 is 1.08 bits per heavy atom. The molecule has 25 heavy (non-hydrogen) atoms. The first-order chi connectivity index (χ1) is 12.0. The maximum absolute atomic E-state index is 12.5. The first-order valence-corrected chi connectivity index (χ1v) is 9.86. The first-order valence-electron chi connectivity index (χ1n) is 8.13. The number of hydrogen-bond donors (Lipinski definition) is 2. The smallest absolute Gasteiger partial charge is 0.255 e. The predicted molar refractivity (Wildman–Crippen MR) is 99.1 cm³/mol. The Kier molecular flexibility index (Phi) is 5.28. The number of carbonyl (C=O) groups is 2. The van der Waals surface area contributed by atoms with Crippen LogP contribution >= 0.6 is 0 Å². The molecule has 0 aromatic heterocycles. The van der Waals surface area contributed by atoms with Crippen molar-refractivity contribution >= 4 is 28.3 Å². The summed E-state index contributed by atoms with van der Waals surface area (Å²) in [7, 11) is -0.970. The zero-order valence-corrected chi connectivity index (χ0v) is 14.8. The molecule has 1 saturated carbocycles. The van der Waals surface area contributed by atoms with Crippen molar-refractivity contribution in [3.8, 4) is 0 Å². The van der Waals surface area contributed by atoms with Crippen LogP contribution in [0.1, 0.15) is 39.1 Å². The molecule has 2 amide bonds. The summed E-state index contributed by atoms with van der Waals surface area (Å²) in [5.74, 6) is -0.0643. The van der Waals surface area contributed by atoms with Crippen molar-refractivity contribution in [3.63, 3.8) is 0 Å². The van der Waals surface area contributed by atoms with Gasteiger partial charge in [-0.3, -0.25) is 13.8 Å². The van der Waals surface area contributed by atoms with Crippen molar-refractivity contribution < 1.29 is 13.8 Å². The number of carbonyl (C=O) groups excluding carboxylic acids is 2. The van der Waals surface area contributed by atoms with Crippen molar-refractivity contribution in [1.82, 2.24) is 5.32 Å². The molecule has 5 nitrogen and oxygen atoms in total. The monoisotopic (exact) mass is 356 g/mol. The third-order valence-corrected chi connectivity index (χ3v) is 4.63. The topological polar surface area (TPSA) is 75.3 Å². The lowest BCUT2D eigenvalue weighted by molar-refractivity contribution is 0.0952. The van der Waals surface area contributed by atoms with Crippen LogP contribution in [-0.4, -0.2) is 28.3 Å². The molecule has 2 N–H and O–H groups in total. The summed E-state index contributed by atoms with van der Waals surface area (Å²) in [4.78, 5) is 24.9. The Hall–Kier alpha value is -2.47. The van der Waals surface area contributed by atoms with Crippen LogP contribution in [0.4, 0.5) is 5.69 Å². The van der Waals surface area contributed by atoms with E-state index >= 15 is 0 Å². The highest BCUT2D eigenvalue weighted by atomic mass is 32.2. The van der Waals surface area contributed by atoms with Crippen molar-refractivity contribution in [2.75, 3.05) is 11.6 Å². The van der Waals surface area contributed by atoms with Crippen LogP contribution in [0, 0.1) is 0 Å². The van der Waals surface area contributed by atoms with Gasteiger partial charge >= 0.3 is 0 Å². The van der Waals surface area contributed by atoms with Gasteiger partial charge in [0.2, 0.25) is 0 Å². The van der Waals surface area contributed by atoms with Gasteiger partial charge in [-0.1, -0.05) is 24.3 Å². The van der Waals surface area contributed by atoms with Gasteiger partial charge in [-0.15, -0.1) is 0 Å². The molecule has 2 aromatic carbocycles. The zero-order valence-electron chi connectivity index (χ0n) is 14.0. The van der Waals surface area contributed by atoms with Gasteiger partial charge in [0.05, 0.1) is 11.3 Å². The molecule has 0 spiro atoms. The minimum absolute atomic E-state index is 0.173. The van der Waals surface area contributed by atoms with Crippen LogP contribution in [0.15, 0.2) is 48.5 Å². The number of benzene rings is 2. The number of hydrogen-bond acceptors (Lipinski definition) is 3. The SMILES string of the molecule is C[S@@](=O)Cc1cccc(C(=O)Nc2ccccc2C(=O)NC2CC2)c1. The average molecular weight is 356 g/mol. The number of nitrogens with one attached hydrogen (secondary N) is 2. The number of anilines is 1. The van der Waals surface area contributed by atoms with E-state index in [1.165, 1.54) is 0 Å². The molecular weight excluding hydrogens is 336 g/mol. The van der Waals surface area contributed by atoms with E-state index in [9.17, 15) is 13.8 Å². The quantitative estimate of drug-likeness (QED) is 0.836. The first kappa shape index (κ1) is 17.4. The fraction of sp³-hybridized carbons (Fsp3) is 0.263. The molecule has 1 aliphatic carbocycles. The van der Waals surface area contributed by atoms with E-state index in [1.54, 1.807) is 48.7 Å². The number of para-hydroxylation sites is 1. The summed E-state index contributed by atoms with van der Waals surface area (Å²) in [6.45, 7) is 0. The summed E-state index contributed by atoms with van der Waals surface area (Å²) in [5.41, 5.74) is 2.25. The van der Waals surface area contributed by atoms with Crippen LogP contribution in [-0.2, 0) is 16.6 Å². The van der Waals surface area contributed by atoms with E-state index in [2.05, 4.69) is 10.6 Å². The van der Waals surface area contributed by atoms with Gasteiger partial charge in [-0.05, 0) is 42.7 Å². The van der Waals surface area contributed by atoms with Crippen LogP contribution in [0.25, 0.3) is 0 Å². The molecule has 130 valence electrons. The summed E-state index contributed by atoms with van der Waals surface area (Å²) < 4.78 is 11.4. The van der Waals surface area contributed by atoms with Crippen molar-refractivity contribution in [3.05, 3.63) is 65.2 Å². The molecule has 1 aliphatic rings. The molecule has 2 aromatic rings. The molecule has 0 unspecified atom stereocenters. The third kappa shape index (κ3) is 4.76. The van der Waals surface area contributed by atoms with E-state index in [0.29, 0.717) is 22.6 Å². The number of rotatable bonds is 6. The lowest BCUT2D eigenvalue weighted by Gasteiger charge is -2.11. The van der Waals surface area contributed by atoms with Gasteiger partial charge in [-0.2, -0.15) is 0 Å². The maximum Gasteiger partial charge on any atom is 0.255 e. The van der Waals surface area contributed by atoms with Crippen LogP contribution in [0.3, 0.4) is 0 Å². The molecule has 0 bridgehead atoms.